The summed E-state index contributed by atoms with van der Waals surface area (Å²) in [5, 5.41) is 9.65. The van der Waals surface area contributed by atoms with Crippen molar-refractivity contribution in [3.05, 3.63) is 30.4 Å². The number of hydrogen-bond donors (Lipinski definition) is 1. The van der Waals surface area contributed by atoms with Gasteiger partial charge in [-0.1, -0.05) is 0 Å². The maximum absolute atomic E-state index is 11.5. The second-order valence-corrected chi connectivity index (χ2v) is 6.59. The van der Waals surface area contributed by atoms with Crippen LogP contribution < -0.4 is 0 Å². The highest BCUT2D eigenvalue weighted by atomic mass is 32.2. The Morgan fingerprint density at radius 3 is 3.00 bits per heavy atom. The molecule has 5 nitrogen and oxygen atoms in total. The minimum Gasteiger partial charge on any atom is -0.506 e. The number of pyridine rings is 1. The van der Waals surface area contributed by atoms with E-state index in [-0.39, 0.29) is 23.2 Å². The third-order valence-electron chi connectivity index (χ3n) is 3.17. The lowest BCUT2D eigenvalue weighted by atomic mass is 10.1. The molecule has 1 unspecified atom stereocenters. The Kier molecular flexibility index (Phi) is 2.16. The second-order valence-electron chi connectivity index (χ2n) is 4.37. The number of sulfone groups is 1. The van der Waals surface area contributed by atoms with Crippen LogP contribution in [0.2, 0.25) is 0 Å². The first-order valence-corrected chi connectivity index (χ1v) is 7.24. The number of rotatable bonds is 1. The highest BCUT2D eigenvalue weighted by Gasteiger charge is 2.31. The molecule has 2 aromatic rings. The summed E-state index contributed by atoms with van der Waals surface area (Å²) in [5.74, 6) is 1.20. The van der Waals surface area contributed by atoms with E-state index in [1.54, 1.807) is 28.9 Å². The van der Waals surface area contributed by atoms with Gasteiger partial charge < -0.3 is 9.51 Å². The van der Waals surface area contributed by atoms with E-state index in [0.29, 0.717) is 11.9 Å². The molecule has 0 aliphatic carbocycles. The minimum absolute atomic E-state index is 0.0655. The summed E-state index contributed by atoms with van der Waals surface area (Å²) >= 11 is 0. The van der Waals surface area contributed by atoms with Crippen molar-refractivity contribution < 1.29 is 13.5 Å². The van der Waals surface area contributed by atoms with Gasteiger partial charge >= 0.3 is 0 Å². The molecule has 6 heteroatoms. The normalized spacial score (nSPS) is 23.2. The molecule has 0 aromatic carbocycles. The zero-order chi connectivity index (χ0) is 12.0. The number of fused-ring (bicyclic) bond motifs is 1. The van der Waals surface area contributed by atoms with Gasteiger partial charge in [0.15, 0.2) is 9.84 Å². The molecule has 1 aliphatic rings. The first-order valence-electron chi connectivity index (χ1n) is 5.42. The zero-order valence-corrected chi connectivity index (χ0v) is 9.89. The highest BCUT2D eigenvalue weighted by molar-refractivity contribution is 7.91. The van der Waals surface area contributed by atoms with Crippen molar-refractivity contribution in [1.82, 2.24) is 9.38 Å². The SMILES string of the molecule is O=S1(=O)CCC(c2ncc3c(O)cccn23)C1. The lowest BCUT2D eigenvalue weighted by molar-refractivity contribution is 0.478. The third-order valence-corrected chi connectivity index (χ3v) is 4.94. The number of aromatic hydroxyl groups is 1. The van der Waals surface area contributed by atoms with Crippen LogP contribution in [0.25, 0.3) is 5.52 Å². The zero-order valence-electron chi connectivity index (χ0n) is 9.07. The summed E-state index contributed by atoms with van der Waals surface area (Å²) in [6.45, 7) is 0. The Hall–Kier alpha value is -1.56. The van der Waals surface area contributed by atoms with E-state index in [9.17, 15) is 13.5 Å². The molecule has 0 radical (unpaired) electrons. The van der Waals surface area contributed by atoms with Gasteiger partial charge in [0.1, 0.15) is 17.1 Å². The average Bonchev–Trinajstić information content (AvgIpc) is 2.82. The van der Waals surface area contributed by atoms with Crippen molar-refractivity contribution in [1.29, 1.82) is 0 Å². The standard InChI is InChI=1S/C11H12N2O3S/c14-10-2-1-4-13-9(10)6-12-11(13)8-3-5-17(15,16)7-8/h1-2,4,6,8,14H,3,5,7H2. The van der Waals surface area contributed by atoms with Gasteiger partial charge in [0.05, 0.1) is 17.7 Å². The predicted octanol–water partition coefficient (Wildman–Crippen LogP) is 0.942. The van der Waals surface area contributed by atoms with Gasteiger partial charge in [-0.2, -0.15) is 0 Å². The molecule has 1 aliphatic heterocycles. The maximum atomic E-state index is 11.5. The van der Waals surface area contributed by atoms with E-state index in [4.69, 9.17) is 0 Å². The molecule has 3 heterocycles. The molecule has 0 spiro atoms. The Balaban J connectivity index is 2.11. The Labute approximate surface area is 98.6 Å². The number of imidazole rings is 1. The van der Waals surface area contributed by atoms with Gasteiger partial charge in [0, 0.05) is 12.1 Å². The smallest absolute Gasteiger partial charge is 0.151 e. The van der Waals surface area contributed by atoms with Crippen LogP contribution in [0.1, 0.15) is 18.2 Å². The molecule has 17 heavy (non-hydrogen) atoms. The quantitative estimate of drug-likeness (QED) is 0.820. The number of nitrogens with zero attached hydrogens (tertiary/aromatic N) is 2. The van der Waals surface area contributed by atoms with Gasteiger partial charge in [-0.15, -0.1) is 0 Å². The summed E-state index contributed by atoms with van der Waals surface area (Å²) < 4.78 is 24.7. The Bertz CT molecular complexity index is 675. The molecular formula is C11H12N2O3S. The van der Waals surface area contributed by atoms with Gasteiger partial charge in [-0.3, -0.25) is 0 Å². The fraction of sp³-hybridized carbons (Fsp3) is 0.364. The molecule has 2 aromatic heterocycles. The minimum atomic E-state index is -2.92. The predicted molar refractivity (Wildman–Crippen MR) is 62.9 cm³/mol. The molecule has 3 rings (SSSR count). The van der Waals surface area contributed by atoms with E-state index < -0.39 is 9.84 Å². The second kappa shape index (κ2) is 3.46. The molecule has 1 N–H and O–H groups in total. The van der Waals surface area contributed by atoms with Crippen LogP contribution in [0.4, 0.5) is 0 Å². The van der Waals surface area contributed by atoms with Crippen molar-refractivity contribution in [2.75, 3.05) is 11.5 Å². The van der Waals surface area contributed by atoms with Crippen molar-refractivity contribution in [3.63, 3.8) is 0 Å². The molecule has 1 atom stereocenters. The van der Waals surface area contributed by atoms with Crippen LogP contribution in [-0.4, -0.2) is 34.4 Å². The van der Waals surface area contributed by atoms with Crippen LogP contribution >= 0.6 is 0 Å². The molecule has 1 fully saturated rings. The number of hydrogen-bond acceptors (Lipinski definition) is 4. The van der Waals surface area contributed by atoms with Crippen molar-refractivity contribution >= 4 is 15.4 Å². The topological polar surface area (TPSA) is 71.7 Å². The van der Waals surface area contributed by atoms with Gasteiger partial charge in [0.2, 0.25) is 0 Å². The summed E-state index contributed by atoms with van der Waals surface area (Å²) in [5.41, 5.74) is 0.617. The fourth-order valence-electron chi connectivity index (χ4n) is 2.33. The average molecular weight is 252 g/mol. The first kappa shape index (κ1) is 10.6. The molecule has 0 bridgehead atoms. The van der Waals surface area contributed by atoms with Gasteiger partial charge in [0.25, 0.3) is 0 Å². The van der Waals surface area contributed by atoms with Crippen molar-refractivity contribution in [2.45, 2.75) is 12.3 Å². The van der Waals surface area contributed by atoms with Gasteiger partial charge in [-0.25, -0.2) is 13.4 Å². The molecule has 0 amide bonds. The van der Waals surface area contributed by atoms with Crippen molar-refractivity contribution in [2.24, 2.45) is 0 Å². The molecule has 90 valence electrons. The summed E-state index contributed by atoms with van der Waals surface area (Å²) in [7, 11) is -2.92. The van der Waals surface area contributed by atoms with Crippen LogP contribution in [-0.2, 0) is 9.84 Å². The van der Waals surface area contributed by atoms with E-state index in [2.05, 4.69) is 4.98 Å². The summed E-state index contributed by atoms with van der Waals surface area (Å²) in [6, 6.07) is 3.31. The largest absolute Gasteiger partial charge is 0.506 e. The Morgan fingerprint density at radius 2 is 2.29 bits per heavy atom. The Morgan fingerprint density at radius 1 is 1.47 bits per heavy atom. The molecule has 0 saturated carbocycles. The van der Waals surface area contributed by atoms with E-state index in [0.717, 1.165) is 5.82 Å². The van der Waals surface area contributed by atoms with E-state index in [1.807, 2.05) is 0 Å². The molecule has 1 saturated heterocycles. The monoisotopic (exact) mass is 252 g/mol. The molecular weight excluding hydrogens is 240 g/mol. The van der Waals surface area contributed by atoms with Crippen LogP contribution in [0.15, 0.2) is 24.5 Å². The van der Waals surface area contributed by atoms with Crippen molar-refractivity contribution in [3.8, 4) is 5.75 Å². The highest BCUT2D eigenvalue weighted by Crippen LogP contribution is 2.30. The summed E-state index contributed by atoms with van der Waals surface area (Å²) in [4.78, 5) is 4.24. The lowest BCUT2D eigenvalue weighted by Crippen LogP contribution is -2.07. The van der Waals surface area contributed by atoms with Crippen LogP contribution in [0, 0.1) is 0 Å². The third kappa shape index (κ3) is 1.68. The van der Waals surface area contributed by atoms with Crippen LogP contribution in [0.3, 0.4) is 0 Å². The van der Waals surface area contributed by atoms with Crippen LogP contribution in [0.5, 0.6) is 5.75 Å². The fourth-order valence-corrected chi connectivity index (χ4v) is 4.07. The van der Waals surface area contributed by atoms with E-state index in [1.165, 1.54) is 0 Å². The first-order chi connectivity index (χ1) is 8.07. The van der Waals surface area contributed by atoms with E-state index >= 15 is 0 Å². The number of aromatic nitrogens is 2. The summed E-state index contributed by atoms with van der Waals surface area (Å²) in [6.07, 6.45) is 3.98. The van der Waals surface area contributed by atoms with Gasteiger partial charge in [-0.05, 0) is 18.6 Å². The lowest BCUT2D eigenvalue weighted by Gasteiger charge is -2.06. The maximum Gasteiger partial charge on any atom is 0.151 e.